The van der Waals surface area contributed by atoms with E-state index in [-0.39, 0.29) is 5.69 Å². The van der Waals surface area contributed by atoms with Gasteiger partial charge < -0.3 is 10.6 Å². The minimum atomic E-state index is -0.900. The largest absolute Gasteiger partial charge is 0.328 e. The number of anilines is 2. The van der Waals surface area contributed by atoms with E-state index >= 15 is 0 Å². The molecule has 1 aromatic heterocycles. The minimum Gasteiger partial charge on any atom is -0.321 e. The zero-order chi connectivity index (χ0) is 25.7. The third kappa shape index (κ3) is 6.22. The molecule has 0 atom stereocenters. The molecule has 0 fully saturated rings. The Hall–Kier alpha value is -3.43. The Bertz CT molecular complexity index is 1410. The maximum absolute atomic E-state index is 13.1. The van der Waals surface area contributed by atoms with E-state index < -0.39 is 17.7 Å². The molecule has 184 valence electrons. The minimum absolute atomic E-state index is 0.174. The molecule has 1 heterocycles. The van der Waals surface area contributed by atoms with Gasteiger partial charge in [-0.15, -0.1) is 0 Å². The molecule has 3 aromatic carbocycles. The highest BCUT2D eigenvalue weighted by molar-refractivity contribution is 9.10. The molecule has 0 radical (unpaired) electrons. The molecule has 0 saturated heterocycles. The number of fused-ring (bicyclic) bond motifs is 1. The topological polar surface area (TPSA) is 92.2 Å². The fourth-order valence-electron chi connectivity index (χ4n) is 3.68. The second kappa shape index (κ2) is 11.5. The molecule has 0 aliphatic carbocycles. The van der Waals surface area contributed by atoms with Crippen LogP contribution in [0.15, 0.2) is 81.7 Å². The number of amides is 3. The molecular formula is C27H24Br2N4O3. The van der Waals surface area contributed by atoms with E-state index in [0.717, 1.165) is 28.2 Å². The number of rotatable bonds is 7. The van der Waals surface area contributed by atoms with Gasteiger partial charge in [0.15, 0.2) is 0 Å². The summed E-state index contributed by atoms with van der Waals surface area (Å²) < 4.78 is 3.03. The summed E-state index contributed by atoms with van der Waals surface area (Å²) in [6.07, 6.45) is 3.16. The van der Waals surface area contributed by atoms with Gasteiger partial charge in [-0.3, -0.25) is 19.8 Å². The number of carbonyl (C=O) groups is 3. The molecule has 0 aliphatic rings. The van der Waals surface area contributed by atoms with Gasteiger partial charge in [-0.05, 0) is 79.1 Å². The molecule has 0 bridgehead atoms. The molecule has 0 saturated carbocycles. The summed E-state index contributed by atoms with van der Waals surface area (Å²) in [7, 11) is 0. The number of carbonyl (C=O) groups excluding carboxylic acids is 3. The number of nitrogens with zero attached hydrogens (tertiary/aromatic N) is 1. The van der Waals surface area contributed by atoms with Crippen molar-refractivity contribution in [2.75, 3.05) is 16.1 Å². The van der Waals surface area contributed by atoms with Gasteiger partial charge in [0.05, 0.1) is 5.52 Å². The van der Waals surface area contributed by atoms with Gasteiger partial charge in [-0.2, -0.15) is 0 Å². The van der Waals surface area contributed by atoms with E-state index in [2.05, 4.69) is 54.8 Å². The lowest BCUT2D eigenvalue weighted by Crippen LogP contribution is -2.36. The highest BCUT2D eigenvalue weighted by atomic mass is 79.9. The SMILES string of the molecule is CCCCc1ccc(NC(=O)C(=O)Nn2c(C(=O)Nc3ccc(Br)cc3)cc3cc(Br)ccc32)cc1. The van der Waals surface area contributed by atoms with Crippen LogP contribution in [0.3, 0.4) is 0 Å². The van der Waals surface area contributed by atoms with Crippen molar-refractivity contribution in [2.24, 2.45) is 0 Å². The first kappa shape index (κ1) is 25.7. The molecular weight excluding hydrogens is 588 g/mol. The number of hydrogen-bond donors (Lipinski definition) is 3. The van der Waals surface area contributed by atoms with Gasteiger partial charge in [0.1, 0.15) is 5.69 Å². The van der Waals surface area contributed by atoms with Crippen molar-refractivity contribution < 1.29 is 14.4 Å². The second-order valence-corrected chi connectivity index (χ2v) is 10.1. The smallest absolute Gasteiger partial charge is 0.321 e. The van der Waals surface area contributed by atoms with Crippen molar-refractivity contribution in [2.45, 2.75) is 26.2 Å². The second-order valence-electron chi connectivity index (χ2n) is 8.22. The summed E-state index contributed by atoms with van der Waals surface area (Å²) in [5, 5.41) is 6.15. The van der Waals surface area contributed by atoms with Crippen LogP contribution < -0.4 is 16.1 Å². The first-order chi connectivity index (χ1) is 17.3. The third-order valence-electron chi connectivity index (χ3n) is 5.55. The van der Waals surface area contributed by atoms with Crippen LogP contribution in [0.2, 0.25) is 0 Å². The number of hydrogen-bond acceptors (Lipinski definition) is 3. The Morgan fingerprint density at radius 2 is 1.42 bits per heavy atom. The summed E-state index contributed by atoms with van der Waals surface area (Å²) >= 11 is 6.80. The highest BCUT2D eigenvalue weighted by Gasteiger charge is 2.21. The molecule has 0 aliphatic heterocycles. The van der Waals surface area contributed by atoms with Crippen LogP contribution in [0.4, 0.5) is 11.4 Å². The van der Waals surface area contributed by atoms with E-state index in [1.807, 2.05) is 30.3 Å². The van der Waals surface area contributed by atoms with Crippen LogP contribution in [0.1, 0.15) is 35.8 Å². The van der Waals surface area contributed by atoms with Crippen LogP contribution in [0, 0.1) is 0 Å². The normalized spacial score (nSPS) is 10.8. The first-order valence-electron chi connectivity index (χ1n) is 11.4. The van der Waals surface area contributed by atoms with E-state index in [0.29, 0.717) is 22.3 Å². The fourth-order valence-corrected chi connectivity index (χ4v) is 4.32. The Balaban J connectivity index is 1.54. The zero-order valence-corrected chi connectivity index (χ0v) is 22.6. The Morgan fingerprint density at radius 3 is 2.11 bits per heavy atom. The van der Waals surface area contributed by atoms with Crippen molar-refractivity contribution in [1.82, 2.24) is 4.68 Å². The van der Waals surface area contributed by atoms with Crippen LogP contribution in [-0.4, -0.2) is 22.4 Å². The van der Waals surface area contributed by atoms with Crippen molar-refractivity contribution in [3.05, 3.63) is 93.0 Å². The summed E-state index contributed by atoms with van der Waals surface area (Å²) in [5.41, 5.74) is 5.59. The van der Waals surface area contributed by atoms with E-state index in [9.17, 15) is 14.4 Å². The Labute approximate surface area is 225 Å². The molecule has 3 N–H and O–H groups in total. The predicted octanol–water partition coefficient (Wildman–Crippen LogP) is 6.47. The lowest BCUT2D eigenvalue weighted by Gasteiger charge is -2.13. The lowest BCUT2D eigenvalue weighted by atomic mass is 10.1. The standard InChI is InChI=1S/C27H24Br2N4O3/c1-2-3-4-17-5-10-21(11-6-17)31-26(35)27(36)32-33-23-14-9-20(29)15-18(23)16-24(33)25(34)30-22-12-7-19(28)8-13-22/h5-16H,2-4H2,1H3,(H,30,34)(H,31,35)(H,32,36). The number of halogens is 2. The van der Waals surface area contributed by atoms with Crippen LogP contribution in [0.5, 0.6) is 0 Å². The number of aryl methyl sites for hydroxylation is 1. The van der Waals surface area contributed by atoms with Gasteiger partial charge in [-0.1, -0.05) is 57.3 Å². The highest BCUT2D eigenvalue weighted by Crippen LogP contribution is 2.24. The van der Waals surface area contributed by atoms with Crippen LogP contribution in [-0.2, 0) is 16.0 Å². The third-order valence-corrected chi connectivity index (χ3v) is 6.57. The van der Waals surface area contributed by atoms with Gasteiger partial charge >= 0.3 is 11.8 Å². The lowest BCUT2D eigenvalue weighted by molar-refractivity contribution is -0.133. The van der Waals surface area contributed by atoms with E-state index in [1.165, 1.54) is 10.2 Å². The molecule has 4 rings (SSSR count). The van der Waals surface area contributed by atoms with Gasteiger partial charge in [0.25, 0.3) is 5.91 Å². The Morgan fingerprint density at radius 1 is 0.778 bits per heavy atom. The van der Waals surface area contributed by atoms with Crippen LogP contribution >= 0.6 is 31.9 Å². The van der Waals surface area contributed by atoms with Crippen LogP contribution in [0.25, 0.3) is 10.9 Å². The van der Waals surface area contributed by atoms with E-state index in [4.69, 9.17) is 0 Å². The zero-order valence-electron chi connectivity index (χ0n) is 19.5. The maximum Gasteiger partial charge on any atom is 0.328 e. The number of nitrogens with one attached hydrogen (secondary N) is 3. The summed E-state index contributed by atoms with van der Waals surface area (Å²) in [5.74, 6) is -2.18. The van der Waals surface area contributed by atoms with Gasteiger partial charge in [0, 0.05) is 25.7 Å². The molecule has 0 unspecified atom stereocenters. The predicted molar refractivity (Wildman–Crippen MR) is 150 cm³/mol. The summed E-state index contributed by atoms with van der Waals surface area (Å²) in [6.45, 7) is 2.13. The van der Waals surface area contributed by atoms with Crippen molar-refractivity contribution in [3.63, 3.8) is 0 Å². The Kier molecular flexibility index (Phi) is 8.22. The monoisotopic (exact) mass is 610 g/mol. The summed E-state index contributed by atoms with van der Waals surface area (Å²) in [4.78, 5) is 38.6. The van der Waals surface area contributed by atoms with Crippen molar-refractivity contribution in [3.8, 4) is 0 Å². The molecule has 36 heavy (non-hydrogen) atoms. The van der Waals surface area contributed by atoms with E-state index in [1.54, 1.807) is 42.5 Å². The average molecular weight is 612 g/mol. The molecule has 7 nitrogen and oxygen atoms in total. The molecule has 9 heteroatoms. The quantitative estimate of drug-likeness (QED) is 0.209. The van der Waals surface area contributed by atoms with Crippen molar-refractivity contribution in [1.29, 1.82) is 0 Å². The van der Waals surface area contributed by atoms with Gasteiger partial charge in [-0.25, -0.2) is 4.68 Å². The average Bonchev–Trinajstić information content (AvgIpc) is 3.22. The fraction of sp³-hybridized carbons (Fsp3) is 0.148. The molecule has 4 aromatic rings. The molecule has 0 spiro atoms. The molecule has 3 amide bonds. The van der Waals surface area contributed by atoms with Crippen molar-refractivity contribution >= 4 is 71.9 Å². The number of unbranched alkanes of at least 4 members (excludes halogenated alkanes) is 1. The van der Waals surface area contributed by atoms with Gasteiger partial charge in [0.2, 0.25) is 0 Å². The number of benzene rings is 3. The summed E-state index contributed by atoms with van der Waals surface area (Å²) in [6, 6.07) is 21.6. The number of aromatic nitrogens is 1. The maximum atomic E-state index is 13.1. The first-order valence-corrected chi connectivity index (χ1v) is 13.0.